The van der Waals surface area contributed by atoms with Crippen LogP contribution in [-0.2, 0) is 13.1 Å². The molecule has 1 aliphatic rings. The molecule has 1 aliphatic carbocycles. The van der Waals surface area contributed by atoms with Crippen LogP contribution >= 0.6 is 0 Å². The number of halogens is 2. The first-order chi connectivity index (χ1) is 13.6. The van der Waals surface area contributed by atoms with E-state index in [9.17, 15) is 13.6 Å². The number of aromatic nitrogens is 3. The highest BCUT2D eigenvalue weighted by Crippen LogP contribution is 2.32. The van der Waals surface area contributed by atoms with Gasteiger partial charge >= 0.3 is 0 Å². The Bertz CT molecular complexity index is 1010. The topological polar surface area (TPSA) is 51.0 Å². The first kappa shape index (κ1) is 18.5. The van der Waals surface area contributed by atoms with Crippen LogP contribution in [0.2, 0.25) is 0 Å². The molecule has 28 heavy (non-hydrogen) atoms. The molecule has 0 radical (unpaired) electrons. The van der Waals surface area contributed by atoms with E-state index in [-0.39, 0.29) is 12.1 Å². The fourth-order valence-electron chi connectivity index (χ4n) is 3.40. The van der Waals surface area contributed by atoms with Crippen LogP contribution in [0, 0.1) is 17.6 Å². The minimum Gasteiger partial charge on any atom is -0.331 e. The zero-order chi connectivity index (χ0) is 19.7. The Balaban J connectivity index is 1.67. The van der Waals surface area contributed by atoms with Crippen molar-refractivity contribution in [1.82, 2.24) is 19.4 Å². The maximum atomic E-state index is 14.1. The van der Waals surface area contributed by atoms with E-state index in [1.807, 2.05) is 19.1 Å². The van der Waals surface area contributed by atoms with E-state index in [1.54, 1.807) is 11.1 Å². The number of hydrogen-bond acceptors (Lipinski definition) is 3. The molecular weight excluding hydrogens is 362 g/mol. The van der Waals surface area contributed by atoms with Gasteiger partial charge in [0, 0.05) is 25.4 Å². The number of pyridine rings is 1. The van der Waals surface area contributed by atoms with E-state index >= 15 is 0 Å². The van der Waals surface area contributed by atoms with Crippen LogP contribution in [0.4, 0.5) is 8.78 Å². The van der Waals surface area contributed by atoms with Crippen molar-refractivity contribution in [1.29, 1.82) is 0 Å². The summed E-state index contributed by atoms with van der Waals surface area (Å²) in [7, 11) is 0. The predicted octanol–water partition coefficient (Wildman–Crippen LogP) is 4.17. The van der Waals surface area contributed by atoms with Crippen molar-refractivity contribution < 1.29 is 13.6 Å². The van der Waals surface area contributed by atoms with Crippen molar-refractivity contribution in [2.45, 2.75) is 39.3 Å². The van der Waals surface area contributed by atoms with Crippen LogP contribution in [0.3, 0.4) is 0 Å². The highest BCUT2D eigenvalue weighted by Gasteiger charge is 2.26. The fraction of sp³-hybridized carbons (Fsp3) is 0.381. The van der Waals surface area contributed by atoms with E-state index in [4.69, 9.17) is 0 Å². The number of imidazole rings is 1. The smallest absolute Gasteiger partial charge is 0.257 e. The number of hydrogen-bond donors (Lipinski definition) is 0. The molecule has 0 atom stereocenters. The van der Waals surface area contributed by atoms with Gasteiger partial charge < -0.3 is 9.47 Å². The lowest BCUT2D eigenvalue weighted by Gasteiger charge is -2.22. The van der Waals surface area contributed by atoms with Crippen molar-refractivity contribution >= 4 is 17.1 Å². The molecule has 0 unspecified atom stereocenters. The second-order valence-corrected chi connectivity index (χ2v) is 7.28. The van der Waals surface area contributed by atoms with Gasteiger partial charge in [-0.25, -0.2) is 18.7 Å². The zero-order valence-corrected chi connectivity index (χ0v) is 15.7. The minimum atomic E-state index is -0.848. The Morgan fingerprint density at radius 3 is 2.82 bits per heavy atom. The number of fused-ring (bicyclic) bond motifs is 1. The van der Waals surface area contributed by atoms with E-state index in [2.05, 4.69) is 14.5 Å². The van der Waals surface area contributed by atoms with Crippen LogP contribution in [0.5, 0.6) is 0 Å². The van der Waals surface area contributed by atoms with Crippen LogP contribution in [0.25, 0.3) is 11.2 Å². The predicted molar refractivity (Wildman–Crippen MR) is 102 cm³/mol. The molecule has 146 valence electrons. The fourth-order valence-corrected chi connectivity index (χ4v) is 3.40. The summed E-state index contributed by atoms with van der Waals surface area (Å²) in [5, 5.41) is 0. The highest BCUT2D eigenvalue weighted by atomic mass is 19.1. The Hall–Kier alpha value is -2.83. The molecule has 2 heterocycles. The Morgan fingerprint density at radius 1 is 1.29 bits per heavy atom. The molecule has 0 aliphatic heterocycles. The summed E-state index contributed by atoms with van der Waals surface area (Å²) >= 11 is 0. The summed E-state index contributed by atoms with van der Waals surface area (Å²) in [6, 6.07) is 6.78. The lowest BCUT2D eigenvalue weighted by molar-refractivity contribution is 0.0732. The first-order valence-electron chi connectivity index (χ1n) is 9.61. The molecule has 1 amide bonds. The molecule has 0 spiro atoms. The molecule has 1 saturated carbocycles. The standard InChI is InChI=1S/C21H22F2N4O/c1-2-10-26(21(28)16-8-7-15(22)11-17(16)23)13-19-25-18-4-3-9-24-20(18)27(19)12-14-5-6-14/h3-4,7-9,11,14H,2,5-6,10,12-13H2,1H3. The third-order valence-electron chi connectivity index (χ3n) is 5.00. The highest BCUT2D eigenvalue weighted by molar-refractivity contribution is 5.94. The maximum absolute atomic E-state index is 14.1. The van der Waals surface area contributed by atoms with E-state index in [0.717, 1.165) is 42.1 Å². The number of nitrogens with zero attached hydrogens (tertiary/aromatic N) is 4. The molecule has 2 aromatic heterocycles. The van der Waals surface area contributed by atoms with Crippen LogP contribution in [-0.4, -0.2) is 31.9 Å². The van der Waals surface area contributed by atoms with E-state index in [1.165, 1.54) is 18.9 Å². The summed E-state index contributed by atoms with van der Waals surface area (Å²) in [5.41, 5.74) is 1.47. The van der Waals surface area contributed by atoms with E-state index < -0.39 is 17.5 Å². The minimum absolute atomic E-state index is 0.127. The molecule has 5 nitrogen and oxygen atoms in total. The normalized spacial score (nSPS) is 13.8. The summed E-state index contributed by atoms with van der Waals surface area (Å²) in [6.07, 6.45) is 4.82. The monoisotopic (exact) mass is 384 g/mol. The molecule has 4 rings (SSSR count). The largest absolute Gasteiger partial charge is 0.331 e. The van der Waals surface area contributed by atoms with Crippen molar-refractivity contribution in [3.63, 3.8) is 0 Å². The van der Waals surface area contributed by atoms with E-state index in [0.29, 0.717) is 12.5 Å². The third-order valence-corrected chi connectivity index (χ3v) is 5.00. The average molecular weight is 384 g/mol. The van der Waals surface area contributed by atoms with Gasteiger partial charge in [0.05, 0.1) is 12.1 Å². The molecule has 1 aromatic carbocycles. The average Bonchev–Trinajstić information content (AvgIpc) is 3.43. The second kappa shape index (κ2) is 7.66. The second-order valence-electron chi connectivity index (χ2n) is 7.28. The zero-order valence-electron chi connectivity index (χ0n) is 15.7. The van der Waals surface area contributed by atoms with Crippen molar-refractivity contribution in [3.8, 4) is 0 Å². The molecule has 0 saturated heterocycles. The maximum Gasteiger partial charge on any atom is 0.257 e. The van der Waals surface area contributed by atoms with Crippen molar-refractivity contribution in [2.24, 2.45) is 5.92 Å². The number of carbonyl (C=O) groups excluding carboxylic acids is 1. The molecule has 0 bridgehead atoms. The van der Waals surface area contributed by atoms with Gasteiger partial charge in [-0.1, -0.05) is 6.92 Å². The summed E-state index contributed by atoms with van der Waals surface area (Å²) in [4.78, 5) is 23.7. The molecule has 1 fully saturated rings. The number of carbonyl (C=O) groups is 1. The van der Waals surface area contributed by atoms with Crippen molar-refractivity contribution in [2.75, 3.05) is 6.54 Å². The SMILES string of the molecule is CCCN(Cc1nc2cccnc2n1CC1CC1)C(=O)c1ccc(F)cc1F. The number of amides is 1. The quantitative estimate of drug-likeness (QED) is 0.614. The van der Waals surface area contributed by atoms with Gasteiger partial charge in [0.1, 0.15) is 23.0 Å². The Morgan fingerprint density at radius 2 is 2.11 bits per heavy atom. The molecule has 7 heteroatoms. The molecule has 0 N–H and O–H groups in total. The van der Waals surface area contributed by atoms with Gasteiger partial charge in [-0.2, -0.15) is 0 Å². The van der Waals surface area contributed by atoms with Gasteiger partial charge in [0.25, 0.3) is 5.91 Å². The lowest BCUT2D eigenvalue weighted by atomic mass is 10.1. The Kier molecular flexibility index (Phi) is 5.07. The van der Waals surface area contributed by atoms with Gasteiger partial charge in [-0.05, 0) is 49.4 Å². The Labute approximate surface area is 162 Å². The van der Waals surface area contributed by atoms with Crippen LogP contribution < -0.4 is 0 Å². The number of benzene rings is 1. The van der Waals surface area contributed by atoms with Gasteiger partial charge in [0.15, 0.2) is 5.65 Å². The van der Waals surface area contributed by atoms with Gasteiger partial charge in [-0.3, -0.25) is 4.79 Å². The molecule has 3 aromatic rings. The van der Waals surface area contributed by atoms with Crippen LogP contribution in [0.1, 0.15) is 42.4 Å². The third kappa shape index (κ3) is 3.74. The molecular formula is C21H22F2N4O. The lowest BCUT2D eigenvalue weighted by Crippen LogP contribution is -2.33. The van der Waals surface area contributed by atoms with Gasteiger partial charge in [0.2, 0.25) is 0 Å². The summed E-state index contributed by atoms with van der Waals surface area (Å²) in [6.45, 7) is 3.49. The summed E-state index contributed by atoms with van der Waals surface area (Å²) < 4.78 is 29.4. The number of rotatable bonds is 7. The van der Waals surface area contributed by atoms with Crippen LogP contribution in [0.15, 0.2) is 36.5 Å². The van der Waals surface area contributed by atoms with Gasteiger partial charge in [-0.15, -0.1) is 0 Å². The summed E-state index contributed by atoms with van der Waals surface area (Å²) in [5.74, 6) is -0.655. The first-order valence-corrected chi connectivity index (χ1v) is 9.61. The van der Waals surface area contributed by atoms with Crippen molar-refractivity contribution in [3.05, 3.63) is 59.6 Å².